The molecule has 1 N–H and O–H groups in total. The fourth-order valence-electron chi connectivity index (χ4n) is 1.34. The number of rotatable bonds is 3. The third kappa shape index (κ3) is 2.75. The van der Waals surface area contributed by atoms with E-state index in [1.54, 1.807) is 24.4 Å². The number of hydrogen-bond donors (Lipinski definition) is 1. The van der Waals surface area contributed by atoms with Crippen molar-refractivity contribution in [2.75, 3.05) is 5.32 Å². The molecule has 84 valence electrons. The Morgan fingerprint density at radius 2 is 2.24 bits per heavy atom. The van der Waals surface area contributed by atoms with E-state index in [4.69, 9.17) is 5.26 Å². The number of aromatic nitrogens is 2. The van der Waals surface area contributed by atoms with Gasteiger partial charge in [0.1, 0.15) is 11.9 Å². The Bertz CT molecular complexity index is 548. The Morgan fingerprint density at radius 3 is 2.88 bits per heavy atom. The average Bonchev–Trinajstić information content (AvgIpc) is 2.38. The van der Waals surface area contributed by atoms with Gasteiger partial charge in [0.05, 0.1) is 17.8 Å². The summed E-state index contributed by atoms with van der Waals surface area (Å²) in [6.07, 6.45) is 1.59. The van der Waals surface area contributed by atoms with Crippen LogP contribution >= 0.6 is 0 Å². The molecular formula is C12H9FN4. The molecule has 0 radical (unpaired) electrons. The van der Waals surface area contributed by atoms with Crippen molar-refractivity contribution < 1.29 is 4.39 Å². The van der Waals surface area contributed by atoms with Crippen LogP contribution in [0, 0.1) is 17.1 Å². The number of nitrogens with one attached hydrogen (secondary N) is 1. The Kier molecular flexibility index (Phi) is 3.26. The minimum atomic E-state index is -0.531. The molecular weight excluding hydrogens is 219 g/mol. The van der Waals surface area contributed by atoms with E-state index in [2.05, 4.69) is 15.5 Å². The second-order valence-electron chi connectivity index (χ2n) is 3.37. The molecule has 0 spiro atoms. The lowest BCUT2D eigenvalue weighted by Gasteiger charge is -2.05. The normalized spacial score (nSPS) is 9.65. The van der Waals surface area contributed by atoms with Crippen LogP contribution in [-0.4, -0.2) is 10.2 Å². The van der Waals surface area contributed by atoms with Crippen molar-refractivity contribution in [2.24, 2.45) is 0 Å². The van der Waals surface area contributed by atoms with Gasteiger partial charge in [0, 0.05) is 11.9 Å². The van der Waals surface area contributed by atoms with Crippen molar-refractivity contribution in [1.82, 2.24) is 10.2 Å². The van der Waals surface area contributed by atoms with Crippen molar-refractivity contribution in [2.45, 2.75) is 6.54 Å². The Hall–Kier alpha value is -2.48. The van der Waals surface area contributed by atoms with Crippen molar-refractivity contribution >= 4 is 5.69 Å². The smallest absolute Gasteiger partial charge is 0.143 e. The van der Waals surface area contributed by atoms with E-state index < -0.39 is 5.82 Å². The zero-order chi connectivity index (χ0) is 12.1. The van der Waals surface area contributed by atoms with Crippen LogP contribution in [0.3, 0.4) is 0 Å². The van der Waals surface area contributed by atoms with Crippen LogP contribution in [0.25, 0.3) is 0 Å². The summed E-state index contributed by atoms with van der Waals surface area (Å²) in [7, 11) is 0. The highest BCUT2D eigenvalue weighted by Gasteiger charge is 2.02. The van der Waals surface area contributed by atoms with Gasteiger partial charge in [-0.3, -0.25) is 0 Å². The highest BCUT2D eigenvalue weighted by molar-refractivity contribution is 5.48. The maximum Gasteiger partial charge on any atom is 0.143 e. The molecule has 5 heteroatoms. The minimum Gasteiger partial charge on any atom is -0.379 e. The molecule has 0 aliphatic carbocycles. The SMILES string of the molecule is N#Cc1ccc(NCc2cccnn2)cc1F. The Balaban J connectivity index is 2.06. The van der Waals surface area contributed by atoms with Crippen molar-refractivity contribution in [3.63, 3.8) is 0 Å². The van der Waals surface area contributed by atoms with Gasteiger partial charge in [0.25, 0.3) is 0 Å². The summed E-state index contributed by atoms with van der Waals surface area (Å²) >= 11 is 0. The van der Waals surface area contributed by atoms with E-state index in [9.17, 15) is 4.39 Å². The fourth-order valence-corrected chi connectivity index (χ4v) is 1.34. The molecule has 4 nitrogen and oxygen atoms in total. The van der Waals surface area contributed by atoms with Gasteiger partial charge in [-0.2, -0.15) is 15.5 Å². The summed E-state index contributed by atoms with van der Waals surface area (Å²) < 4.78 is 13.3. The quantitative estimate of drug-likeness (QED) is 0.873. The van der Waals surface area contributed by atoms with Crippen molar-refractivity contribution in [1.29, 1.82) is 5.26 Å². The van der Waals surface area contributed by atoms with E-state index in [1.165, 1.54) is 12.1 Å². The monoisotopic (exact) mass is 228 g/mol. The van der Waals surface area contributed by atoms with Gasteiger partial charge in [0.2, 0.25) is 0 Å². The molecule has 0 aliphatic rings. The van der Waals surface area contributed by atoms with Gasteiger partial charge in [-0.1, -0.05) is 0 Å². The van der Waals surface area contributed by atoms with Crippen LogP contribution in [-0.2, 0) is 6.54 Å². The van der Waals surface area contributed by atoms with Crippen LogP contribution in [0.1, 0.15) is 11.3 Å². The van der Waals surface area contributed by atoms with Crippen molar-refractivity contribution in [3.05, 3.63) is 53.6 Å². The third-order valence-corrected chi connectivity index (χ3v) is 2.19. The molecule has 0 fully saturated rings. The predicted molar refractivity (Wildman–Crippen MR) is 60.5 cm³/mol. The molecule has 1 aromatic carbocycles. The van der Waals surface area contributed by atoms with Crippen LogP contribution in [0.15, 0.2) is 36.5 Å². The summed E-state index contributed by atoms with van der Waals surface area (Å²) in [5.74, 6) is -0.531. The zero-order valence-corrected chi connectivity index (χ0v) is 8.89. The standard InChI is InChI=1S/C12H9FN4/c13-12-6-10(4-3-9(12)7-14)15-8-11-2-1-5-16-17-11/h1-6,15H,8H2. The Labute approximate surface area is 97.7 Å². The number of nitriles is 1. The molecule has 0 unspecified atom stereocenters. The molecule has 1 aromatic heterocycles. The van der Waals surface area contributed by atoms with Gasteiger partial charge in [-0.15, -0.1) is 0 Å². The summed E-state index contributed by atoms with van der Waals surface area (Å²) in [5, 5.41) is 19.2. The minimum absolute atomic E-state index is 0.0371. The van der Waals surface area contributed by atoms with Crippen LogP contribution in [0.4, 0.5) is 10.1 Å². The summed E-state index contributed by atoms with van der Waals surface area (Å²) in [6, 6.07) is 9.75. The third-order valence-electron chi connectivity index (χ3n) is 2.19. The summed E-state index contributed by atoms with van der Waals surface area (Å²) in [6.45, 7) is 0.458. The molecule has 0 bridgehead atoms. The molecule has 0 saturated heterocycles. The topological polar surface area (TPSA) is 61.6 Å². The first-order chi connectivity index (χ1) is 8.29. The van der Waals surface area contributed by atoms with E-state index in [0.717, 1.165) is 5.69 Å². The fraction of sp³-hybridized carbons (Fsp3) is 0.0833. The lowest BCUT2D eigenvalue weighted by atomic mass is 10.2. The molecule has 0 saturated carbocycles. The number of nitrogens with zero attached hydrogens (tertiary/aromatic N) is 3. The van der Waals surface area contributed by atoms with Gasteiger partial charge in [-0.25, -0.2) is 4.39 Å². The van der Waals surface area contributed by atoms with E-state index in [0.29, 0.717) is 12.2 Å². The second-order valence-corrected chi connectivity index (χ2v) is 3.37. The number of hydrogen-bond acceptors (Lipinski definition) is 4. The molecule has 0 aliphatic heterocycles. The summed E-state index contributed by atoms with van der Waals surface area (Å²) in [4.78, 5) is 0. The molecule has 17 heavy (non-hydrogen) atoms. The lowest BCUT2D eigenvalue weighted by Crippen LogP contribution is -2.02. The largest absolute Gasteiger partial charge is 0.379 e. The van der Waals surface area contributed by atoms with E-state index in [-0.39, 0.29) is 5.56 Å². The van der Waals surface area contributed by atoms with Gasteiger partial charge in [0.15, 0.2) is 0 Å². The van der Waals surface area contributed by atoms with Crippen LogP contribution in [0.5, 0.6) is 0 Å². The number of benzene rings is 1. The molecule has 1 heterocycles. The first-order valence-corrected chi connectivity index (χ1v) is 4.99. The maximum atomic E-state index is 13.3. The van der Waals surface area contributed by atoms with Gasteiger partial charge in [-0.05, 0) is 30.3 Å². The molecule has 0 amide bonds. The lowest BCUT2D eigenvalue weighted by molar-refractivity contribution is 0.624. The van der Waals surface area contributed by atoms with Crippen LogP contribution in [0.2, 0.25) is 0 Å². The predicted octanol–water partition coefficient (Wildman–Crippen LogP) is 2.10. The maximum absolute atomic E-state index is 13.3. The van der Waals surface area contributed by atoms with E-state index in [1.807, 2.05) is 6.07 Å². The highest BCUT2D eigenvalue weighted by Crippen LogP contribution is 2.14. The molecule has 2 aromatic rings. The number of halogens is 1. The van der Waals surface area contributed by atoms with Crippen molar-refractivity contribution in [3.8, 4) is 6.07 Å². The second kappa shape index (κ2) is 5.03. The number of anilines is 1. The highest BCUT2D eigenvalue weighted by atomic mass is 19.1. The molecule has 0 atom stereocenters. The van der Waals surface area contributed by atoms with Gasteiger partial charge >= 0.3 is 0 Å². The first kappa shape index (κ1) is 11.0. The average molecular weight is 228 g/mol. The van der Waals surface area contributed by atoms with Gasteiger partial charge < -0.3 is 5.32 Å². The zero-order valence-electron chi connectivity index (χ0n) is 8.89. The summed E-state index contributed by atoms with van der Waals surface area (Å²) in [5.41, 5.74) is 1.40. The molecule has 2 rings (SSSR count). The first-order valence-electron chi connectivity index (χ1n) is 4.99. The van der Waals surface area contributed by atoms with E-state index >= 15 is 0 Å². The Morgan fingerprint density at radius 1 is 1.35 bits per heavy atom. The van der Waals surface area contributed by atoms with Crippen LogP contribution < -0.4 is 5.32 Å².